The molecule has 1 aliphatic heterocycles. The van der Waals surface area contributed by atoms with Gasteiger partial charge in [0.15, 0.2) is 11.4 Å². The summed E-state index contributed by atoms with van der Waals surface area (Å²) in [5.41, 5.74) is 3.76. The summed E-state index contributed by atoms with van der Waals surface area (Å²) in [4.78, 5) is 16.7. The number of pyridine rings is 1. The Morgan fingerprint density at radius 3 is 2.66 bits per heavy atom. The van der Waals surface area contributed by atoms with Gasteiger partial charge in [0.1, 0.15) is 6.33 Å². The van der Waals surface area contributed by atoms with Crippen molar-refractivity contribution in [3.05, 3.63) is 102 Å². The molecular weight excluding hydrogens is 502 g/mol. The van der Waals surface area contributed by atoms with Crippen LogP contribution >= 0.6 is 11.8 Å². The maximum absolute atomic E-state index is 12.7. The number of ether oxygens (including phenoxy) is 2. The number of aliphatic hydroxyl groups excluding tert-OH is 1. The van der Waals surface area contributed by atoms with Crippen molar-refractivity contribution >= 4 is 23.4 Å². The Labute approximate surface area is 225 Å². The molecule has 4 atom stereocenters. The molecule has 9 nitrogen and oxygen atoms in total. The molecule has 0 aliphatic carbocycles. The number of thioether (sulfide) groups is 1. The highest BCUT2D eigenvalue weighted by Gasteiger charge is 2.38. The van der Waals surface area contributed by atoms with Crippen molar-refractivity contribution in [2.24, 2.45) is 13.0 Å². The van der Waals surface area contributed by atoms with Crippen LogP contribution in [0.5, 0.6) is 0 Å². The van der Waals surface area contributed by atoms with Gasteiger partial charge in [0.25, 0.3) is 5.91 Å². The first-order chi connectivity index (χ1) is 18.5. The molecule has 0 bridgehead atoms. The van der Waals surface area contributed by atoms with Gasteiger partial charge in [0, 0.05) is 42.4 Å². The molecule has 3 heterocycles. The van der Waals surface area contributed by atoms with Gasteiger partial charge in [-0.25, -0.2) is 0 Å². The smallest absolute Gasteiger partial charge is 0.257 e. The maximum Gasteiger partial charge on any atom is 0.257 e. The summed E-state index contributed by atoms with van der Waals surface area (Å²) in [6, 6.07) is 18.7. The van der Waals surface area contributed by atoms with Crippen LogP contribution in [-0.2, 0) is 23.1 Å². The number of benzene rings is 2. The van der Waals surface area contributed by atoms with E-state index in [1.54, 1.807) is 36.4 Å². The second-order valence-electron chi connectivity index (χ2n) is 9.18. The van der Waals surface area contributed by atoms with Gasteiger partial charge in [-0.3, -0.25) is 9.78 Å². The van der Waals surface area contributed by atoms with Gasteiger partial charge in [0.05, 0.1) is 24.4 Å². The number of amides is 1. The first-order valence-electron chi connectivity index (χ1n) is 12.3. The van der Waals surface area contributed by atoms with Crippen molar-refractivity contribution in [2.75, 3.05) is 11.1 Å². The summed E-state index contributed by atoms with van der Waals surface area (Å²) in [6.45, 7) is 2.11. The topological polar surface area (TPSA) is 111 Å². The van der Waals surface area contributed by atoms with Gasteiger partial charge in [0.2, 0.25) is 0 Å². The number of nitrogens with zero attached hydrogens (tertiary/aromatic N) is 4. The lowest BCUT2D eigenvalue weighted by molar-refractivity contribution is -0.268. The standard InChI is InChI=1S/C28H29N5O4S/c1-18-24(16-38-28-32-30-17-33(28)2)36-27(37-25(18)20-10-8-19(15-34)9-11-20)21-5-3-7-23(13-21)31-26(35)22-6-4-12-29-14-22/h3-14,17-18,24-25,27,34H,15-16H2,1-2H3,(H,31,35). The normalized spacial score (nSPS) is 21.2. The minimum Gasteiger partial charge on any atom is -0.392 e. The molecule has 2 N–H and O–H groups in total. The van der Waals surface area contributed by atoms with Crippen molar-refractivity contribution in [2.45, 2.75) is 37.2 Å². The summed E-state index contributed by atoms with van der Waals surface area (Å²) < 4.78 is 14.9. The third-order valence-electron chi connectivity index (χ3n) is 6.51. The first kappa shape index (κ1) is 26.1. The predicted molar refractivity (Wildman–Crippen MR) is 143 cm³/mol. The van der Waals surface area contributed by atoms with Crippen LogP contribution in [0.15, 0.2) is 84.5 Å². The number of carbonyl (C=O) groups is 1. The van der Waals surface area contributed by atoms with Crippen LogP contribution in [0.2, 0.25) is 0 Å². The summed E-state index contributed by atoms with van der Waals surface area (Å²) in [5, 5.41) is 21.4. The van der Waals surface area contributed by atoms with Crippen LogP contribution in [0, 0.1) is 5.92 Å². The third kappa shape index (κ3) is 5.94. The van der Waals surface area contributed by atoms with Crippen molar-refractivity contribution in [3.8, 4) is 0 Å². The molecular formula is C28H29N5O4S. The Kier molecular flexibility index (Phi) is 8.14. The van der Waals surface area contributed by atoms with Crippen LogP contribution in [0.4, 0.5) is 5.69 Å². The predicted octanol–water partition coefficient (Wildman–Crippen LogP) is 4.54. The van der Waals surface area contributed by atoms with Crippen LogP contribution in [0.25, 0.3) is 0 Å². The Morgan fingerprint density at radius 2 is 1.95 bits per heavy atom. The molecule has 0 radical (unpaired) electrons. The van der Waals surface area contributed by atoms with E-state index in [0.717, 1.165) is 21.8 Å². The first-order valence-corrected chi connectivity index (χ1v) is 13.3. The zero-order valence-electron chi connectivity index (χ0n) is 21.1. The fourth-order valence-electron chi connectivity index (χ4n) is 4.33. The molecule has 10 heteroatoms. The molecule has 5 rings (SSSR count). The average molecular weight is 532 g/mol. The van der Waals surface area contributed by atoms with Crippen LogP contribution < -0.4 is 5.32 Å². The lowest BCUT2D eigenvalue weighted by Gasteiger charge is -2.41. The molecule has 2 aromatic carbocycles. The number of rotatable bonds is 8. The summed E-state index contributed by atoms with van der Waals surface area (Å²) in [5.74, 6) is 0.463. The molecule has 1 fully saturated rings. The van der Waals surface area contributed by atoms with Gasteiger partial charge in [-0.2, -0.15) is 0 Å². The molecule has 196 valence electrons. The maximum atomic E-state index is 12.7. The number of aromatic nitrogens is 4. The number of carbonyl (C=O) groups excluding carboxylic acids is 1. The van der Waals surface area contributed by atoms with E-state index in [2.05, 4.69) is 27.4 Å². The summed E-state index contributed by atoms with van der Waals surface area (Å²) in [6.07, 6.45) is 3.81. The quantitative estimate of drug-likeness (QED) is 0.319. The third-order valence-corrected chi connectivity index (χ3v) is 7.63. The fraction of sp³-hybridized carbons (Fsp3) is 0.286. The summed E-state index contributed by atoms with van der Waals surface area (Å²) >= 11 is 1.59. The van der Waals surface area contributed by atoms with E-state index in [9.17, 15) is 9.90 Å². The van der Waals surface area contributed by atoms with Crippen molar-refractivity contribution in [3.63, 3.8) is 0 Å². The highest BCUT2D eigenvalue weighted by molar-refractivity contribution is 7.99. The molecule has 0 spiro atoms. The lowest BCUT2D eigenvalue weighted by Crippen LogP contribution is -2.38. The molecule has 2 aromatic heterocycles. The molecule has 4 aromatic rings. The number of hydrogen-bond acceptors (Lipinski definition) is 8. The highest BCUT2D eigenvalue weighted by Crippen LogP contribution is 2.43. The largest absolute Gasteiger partial charge is 0.392 e. The van der Waals surface area contributed by atoms with Gasteiger partial charge in [-0.15, -0.1) is 10.2 Å². The number of nitrogens with one attached hydrogen (secondary N) is 1. The monoisotopic (exact) mass is 531 g/mol. The zero-order valence-corrected chi connectivity index (χ0v) is 21.9. The van der Waals surface area contributed by atoms with E-state index < -0.39 is 6.29 Å². The van der Waals surface area contributed by atoms with Crippen molar-refractivity contribution in [1.29, 1.82) is 0 Å². The molecule has 1 aliphatic rings. The second kappa shape index (κ2) is 11.9. The SMILES string of the molecule is CC1C(CSc2nncn2C)OC(c2cccc(NC(=O)c3cccnc3)c2)OC1c1ccc(CO)cc1. The minimum absolute atomic E-state index is 0.0123. The molecule has 1 amide bonds. The molecule has 4 unspecified atom stereocenters. The van der Waals surface area contributed by atoms with E-state index in [4.69, 9.17) is 9.47 Å². The summed E-state index contributed by atoms with van der Waals surface area (Å²) in [7, 11) is 1.91. The number of hydrogen-bond donors (Lipinski definition) is 2. The molecule has 1 saturated heterocycles. The van der Waals surface area contributed by atoms with E-state index in [0.29, 0.717) is 17.0 Å². The average Bonchev–Trinajstić information content (AvgIpc) is 3.37. The molecule has 0 saturated carbocycles. The van der Waals surface area contributed by atoms with E-state index in [1.165, 1.54) is 6.20 Å². The van der Waals surface area contributed by atoms with Crippen molar-refractivity contribution < 1.29 is 19.4 Å². The van der Waals surface area contributed by atoms with Gasteiger partial charge in [-0.05, 0) is 35.4 Å². The van der Waals surface area contributed by atoms with Gasteiger partial charge in [-0.1, -0.05) is 55.1 Å². The Hall–Kier alpha value is -3.57. The van der Waals surface area contributed by atoms with Crippen LogP contribution in [0.1, 0.15) is 46.4 Å². The second-order valence-corrected chi connectivity index (χ2v) is 10.2. The van der Waals surface area contributed by atoms with Gasteiger partial charge < -0.3 is 24.5 Å². The van der Waals surface area contributed by atoms with E-state index >= 15 is 0 Å². The molecule has 38 heavy (non-hydrogen) atoms. The van der Waals surface area contributed by atoms with Crippen LogP contribution in [-0.4, -0.2) is 42.6 Å². The Balaban J connectivity index is 1.39. The number of anilines is 1. The van der Waals surface area contributed by atoms with Crippen molar-refractivity contribution in [1.82, 2.24) is 19.7 Å². The fourth-order valence-corrected chi connectivity index (χ4v) is 5.38. The Bertz CT molecular complexity index is 1370. The number of aliphatic hydroxyl groups is 1. The minimum atomic E-state index is -0.644. The van der Waals surface area contributed by atoms with Crippen LogP contribution in [0.3, 0.4) is 0 Å². The lowest BCUT2D eigenvalue weighted by atomic mass is 9.91. The highest BCUT2D eigenvalue weighted by atomic mass is 32.2. The Morgan fingerprint density at radius 1 is 1.11 bits per heavy atom. The van der Waals surface area contributed by atoms with E-state index in [-0.39, 0.29) is 30.6 Å². The van der Waals surface area contributed by atoms with Gasteiger partial charge >= 0.3 is 0 Å². The van der Waals surface area contributed by atoms with E-state index in [1.807, 2.05) is 60.1 Å². The number of aryl methyl sites for hydroxylation is 1. The zero-order chi connectivity index (χ0) is 26.5.